The molecule has 158 valence electrons. The van der Waals surface area contributed by atoms with Gasteiger partial charge in [0.05, 0.1) is 19.5 Å². The molecule has 2 fully saturated rings. The Balaban J connectivity index is 1.43. The minimum Gasteiger partial charge on any atom is -0.495 e. The van der Waals surface area contributed by atoms with Crippen LogP contribution >= 0.6 is 15.9 Å². The zero-order valence-electron chi connectivity index (χ0n) is 17.1. The molecule has 8 heteroatoms. The van der Waals surface area contributed by atoms with Crippen LogP contribution in [0.1, 0.15) is 12.5 Å². The molecule has 2 heterocycles. The molecule has 0 bridgehead atoms. The van der Waals surface area contributed by atoms with Crippen molar-refractivity contribution in [3.63, 3.8) is 0 Å². The fraction of sp³-hybridized carbons (Fsp3) is 0.364. The summed E-state index contributed by atoms with van der Waals surface area (Å²) in [5.41, 5.74) is 0.749. The lowest BCUT2D eigenvalue weighted by Crippen LogP contribution is -2.51. The zero-order chi connectivity index (χ0) is 21.3. The highest BCUT2D eigenvalue weighted by molar-refractivity contribution is 9.10. The van der Waals surface area contributed by atoms with Crippen LogP contribution in [0, 0.1) is 0 Å². The highest BCUT2D eigenvalue weighted by atomic mass is 79.9. The first kappa shape index (κ1) is 20.7. The van der Waals surface area contributed by atoms with E-state index >= 15 is 0 Å². The number of para-hydroxylation sites is 2. The molecule has 0 radical (unpaired) electrons. The third-order valence-electron chi connectivity index (χ3n) is 5.83. The normalized spacial score (nSPS) is 22.4. The quantitative estimate of drug-likeness (QED) is 0.677. The third kappa shape index (κ3) is 3.65. The number of anilines is 1. The van der Waals surface area contributed by atoms with E-state index in [-0.39, 0.29) is 18.6 Å². The van der Waals surface area contributed by atoms with Crippen LogP contribution in [0.25, 0.3) is 0 Å². The topological polar surface area (TPSA) is 65.1 Å². The van der Waals surface area contributed by atoms with Gasteiger partial charge in [-0.25, -0.2) is 9.69 Å². The van der Waals surface area contributed by atoms with Gasteiger partial charge in [-0.2, -0.15) is 0 Å². The van der Waals surface area contributed by atoms with E-state index in [0.29, 0.717) is 0 Å². The van der Waals surface area contributed by atoms with Gasteiger partial charge < -0.3 is 15.0 Å². The number of benzene rings is 2. The number of urea groups is 1. The molecule has 1 N–H and O–H groups in total. The average Bonchev–Trinajstić information content (AvgIpc) is 2.98. The van der Waals surface area contributed by atoms with Crippen LogP contribution in [0.15, 0.2) is 53.0 Å². The minimum atomic E-state index is -1.07. The molecule has 2 aromatic carbocycles. The van der Waals surface area contributed by atoms with Gasteiger partial charge >= 0.3 is 6.03 Å². The maximum absolute atomic E-state index is 13.2. The number of hydrogen-bond acceptors (Lipinski definition) is 5. The molecule has 2 aliphatic heterocycles. The van der Waals surface area contributed by atoms with E-state index in [1.54, 1.807) is 14.0 Å². The predicted molar refractivity (Wildman–Crippen MR) is 119 cm³/mol. The lowest BCUT2D eigenvalue weighted by molar-refractivity contribution is -0.132. The Kier molecular flexibility index (Phi) is 5.71. The van der Waals surface area contributed by atoms with Gasteiger partial charge in [0, 0.05) is 36.2 Å². The zero-order valence-corrected chi connectivity index (χ0v) is 18.7. The summed E-state index contributed by atoms with van der Waals surface area (Å²) >= 11 is 3.50. The molecule has 2 aromatic rings. The summed E-state index contributed by atoms with van der Waals surface area (Å²) in [5, 5.41) is 2.88. The fourth-order valence-electron chi connectivity index (χ4n) is 4.10. The smallest absolute Gasteiger partial charge is 0.326 e. The van der Waals surface area contributed by atoms with Gasteiger partial charge in [-0.3, -0.25) is 9.69 Å². The molecular formula is C22H25BrN4O3. The van der Waals surface area contributed by atoms with Crippen molar-refractivity contribution in [1.82, 2.24) is 15.1 Å². The van der Waals surface area contributed by atoms with E-state index in [1.807, 2.05) is 42.5 Å². The Morgan fingerprint density at radius 3 is 2.40 bits per heavy atom. The molecule has 0 aromatic heterocycles. The summed E-state index contributed by atoms with van der Waals surface area (Å²) < 4.78 is 6.27. The monoisotopic (exact) mass is 472 g/mol. The second kappa shape index (κ2) is 8.28. The average molecular weight is 473 g/mol. The summed E-state index contributed by atoms with van der Waals surface area (Å²) in [6, 6.07) is 15.1. The maximum Gasteiger partial charge on any atom is 0.326 e. The van der Waals surface area contributed by atoms with Gasteiger partial charge in [-0.1, -0.05) is 46.3 Å². The van der Waals surface area contributed by atoms with Gasteiger partial charge in [0.2, 0.25) is 0 Å². The van der Waals surface area contributed by atoms with Crippen molar-refractivity contribution in [2.45, 2.75) is 12.5 Å². The van der Waals surface area contributed by atoms with E-state index in [1.165, 1.54) is 4.90 Å². The number of piperazine rings is 1. The van der Waals surface area contributed by atoms with Crippen molar-refractivity contribution in [2.75, 3.05) is 44.9 Å². The lowest BCUT2D eigenvalue weighted by atomic mass is 9.92. The summed E-state index contributed by atoms with van der Waals surface area (Å²) in [6.07, 6.45) is 0. The summed E-state index contributed by atoms with van der Waals surface area (Å²) in [7, 11) is 1.68. The number of carbonyl (C=O) groups is 2. The van der Waals surface area contributed by atoms with Gasteiger partial charge in [0.1, 0.15) is 11.3 Å². The van der Waals surface area contributed by atoms with Crippen molar-refractivity contribution in [1.29, 1.82) is 0 Å². The highest BCUT2D eigenvalue weighted by Gasteiger charge is 2.50. The molecule has 2 saturated heterocycles. The second-order valence-corrected chi connectivity index (χ2v) is 8.54. The van der Waals surface area contributed by atoms with Crippen LogP contribution in [-0.4, -0.2) is 61.7 Å². The summed E-state index contributed by atoms with van der Waals surface area (Å²) in [6.45, 7) is 5.14. The Hall–Kier alpha value is -2.58. The maximum atomic E-state index is 13.2. The Labute approximate surface area is 184 Å². The van der Waals surface area contributed by atoms with E-state index in [9.17, 15) is 9.59 Å². The van der Waals surface area contributed by atoms with Crippen LogP contribution in [0.4, 0.5) is 10.5 Å². The largest absolute Gasteiger partial charge is 0.495 e. The number of nitrogens with one attached hydrogen (secondary N) is 1. The molecule has 4 rings (SSSR count). The van der Waals surface area contributed by atoms with Gasteiger partial charge in [-0.05, 0) is 25.1 Å². The number of amides is 3. The molecule has 1 atom stereocenters. The second-order valence-electron chi connectivity index (χ2n) is 7.69. The molecule has 30 heavy (non-hydrogen) atoms. The van der Waals surface area contributed by atoms with Crippen molar-refractivity contribution in [2.24, 2.45) is 0 Å². The van der Waals surface area contributed by atoms with Gasteiger partial charge in [-0.15, -0.1) is 0 Å². The number of hydrogen-bond donors (Lipinski definition) is 1. The van der Waals surface area contributed by atoms with Crippen molar-refractivity contribution in [3.05, 3.63) is 58.6 Å². The van der Waals surface area contributed by atoms with E-state index in [0.717, 1.165) is 47.7 Å². The first-order chi connectivity index (χ1) is 14.4. The van der Waals surface area contributed by atoms with Gasteiger partial charge in [0.25, 0.3) is 5.91 Å². The third-order valence-corrected chi connectivity index (χ3v) is 6.52. The summed E-state index contributed by atoms with van der Waals surface area (Å²) in [4.78, 5) is 31.6. The number of methoxy groups -OCH3 is 1. The number of ether oxygens (including phenoxy) is 1. The number of rotatable bonds is 5. The van der Waals surface area contributed by atoms with E-state index in [4.69, 9.17) is 4.74 Å². The van der Waals surface area contributed by atoms with E-state index < -0.39 is 5.54 Å². The fourth-order valence-corrected chi connectivity index (χ4v) is 4.78. The first-order valence-corrected chi connectivity index (χ1v) is 10.7. The Morgan fingerprint density at radius 1 is 1.03 bits per heavy atom. The number of carbonyl (C=O) groups excluding carboxylic acids is 2. The van der Waals surface area contributed by atoms with Crippen molar-refractivity contribution < 1.29 is 14.3 Å². The van der Waals surface area contributed by atoms with Crippen molar-refractivity contribution in [3.8, 4) is 5.75 Å². The Bertz CT molecular complexity index is 961. The summed E-state index contributed by atoms with van der Waals surface area (Å²) in [5.74, 6) is 0.621. The molecule has 3 amide bonds. The standard InChI is InChI=1S/C22H25BrN4O3/c1-22(16-7-3-4-8-17(16)23)20(28)27(21(29)24-22)15-25-11-13-26(14-12-25)18-9-5-6-10-19(18)30-2/h3-10H,11-15H2,1-2H3,(H,24,29). The number of halogens is 1. The molecule has 1 unspecified atom stereocenters. The minimum absolute atomic E-state index is 0.230. The van der Waals surface area contributed by atoms with Crippen LogP contribution in [0.2, 0.25) is 0 Å². The van der Waals surface area contributed by atoms with Crippen LogP contribution in [0.5, 0.6) is 5.75 Å². The van der Waals surface area contributed by atoms with Crippen molar-refractivity contribution >= 4 is 33.6 Å². The molecule has 2 aliphatic rings. The molecular weight excluding hydrogens is 448 g/mol. The number of imide groups is 1. The van der Waals surface area contributed by atoms with Gasteiger partial charge in [0.15, 0.2) is 0 Å². The molecule has 0 aliphatic carbocycles. The lowest BCUT2D eigenvalue weighted by Gasteiger charge is -2.37. The molecule has 7 nitrogen and oxygen atoms in total. The highest BCUT2D eigenvalue weighted by Crippen LogP contribution is 2.34. The van der Waals surface area contributed by atoms with Crippen LogP contribution in [0.3, 0.4) is 0 Å². The molecule has 0 spiro atoms. The Morgan fingerprint density at radius 2 is 1.70 bits per heavy atom. The van der Waals surface area contributed by atoms with Crippen LogP contribution < -0.4 is 15.0 Å². The predicted octanol–water partition coefficient (Wildman–Crippen LogP) is 3.00. The first-order valence-electron chi connectivity index (χ1n) is 9.93. The van der Waals surface area contributed by atoms with E-state index in [2.05, 4.69) is 37.1 Å². The van der Waals surface area contributed by atoms with Crippen LogP contribution in [-0.2, 0) is 10.3 Å². The number of nitrogens with zero attached hydrogens (tertiary/aromatic N) is 3. The molecule has 0 saturated carbocycles. The SMILES string of the molecule is COc1ccccc1N1CCN(CN2C(=O)NC(C)(c3ccccc3Br)C2=O)CC1.